The highest BCUT2D eigenvalue weighted by molar-refractivity contribution is 9.10. The minimum atomic E-state index is -0.427. The van der Waals surface area contributed by atoms with Gasteiger partial charge in [-0.15, -0.1) is 0 Å². The third kappa shape index (κ3) is 4.43. The van der Waals surface area contributed by atoms with Gasteiger partial charge in [-0.3, -0.25) is 10.1 Å². The Hall–Kier alpha value is -2.93. The summed E-state index contributed by atoms with van der Waals surface area (Å²) in [6.45, 7) is 4.23. The van der Waals surface area contributed by atoms with Crippen LogP contribution in [0.25, 0.3) is 5.69 Å². The second-order valence-corrected chi connectivity index (χ2v) is 6.99. The number of hydrogen-bond acceptors (Lipinski definition) is 4. The van der Waals surface area contributed by atoms with E-state index in [0.717, 1.165) is 27.1 Å². The SMILES string of the molecule is Cc1cc(/C=N/OCc2cccc([N+](=O)[O-])c2)c(C)n1-c1ccc(Br)cc1. The molecule has 27 heavy (non-hydrogen) atoms. The van der Waals surface area contributed by atoms with Crippen molar-refractivity contribution < 1.29 is 9.76 Å². The third-order valence-electron chi connectivity index (χ3n) is 4.17. The molecule has 3 rings (SSSR count). The van der Waals surface area contributed by atoms with Gasteiger partial charge in [-0.1, -0.05) is 33.2 Å². The lowest BCUT2D eigenvalue weighted by Crippen LogP contribution is -1.99. The summed E-state index contributed by atoms with van der Waals surface area (Å²) in [5, 5.41) is 14.8. The molecule has 3 aromatic rings. The van der Waals surface area contributed by atoms with Crippen molar-refractivity contribution in [3.63, 3.8) is 0 Å². The highest BCUT2D eigenvalue weighted by atomic mass is 79.9. The average molecular weight is 428 g/mol. The molecule has 0 aliphatic rings. The molecule has 0 saturated heterocycles. The van der Waals surface area contributed by atoms with Crippen molar-refractivity contribution in [3.05, 3.63) is 91.7 Å². The number of rotatable bonds is 6. The second kappa shape index (κ2) is 8.18. The van der Waals surface area contributed by atoms with Gasteiger partial charge in [-0.25, -0.2) is 0 Å². The number of nitro benzene ring substituents is 1. The van der Waals surface area contributed by atoms with Crippen molar-refractivity contribution in [2.24, 2.45) is 5.16 Å². The molecule has 0 atom stereocenters. The van der Waals surface area contributed by atoms with Crippen molar-refractivity contribution in [1.29, 1.82) is 0 Å². The molecule has 0 saturated carbocycles. The molecule has 0 aliphatic carbocycles. The van der Waals surface area contributed by atoms with E-state index in [1.54, 1.807) is 18.3 Å². The van der Waals surface area contributed by atoms with Crippen LogP contribution in [0.15, 0.2) is 64.2 Å². The van der Waals surface area contributed by atoms with Crippen molar-refractivity contribution in [2.45, 2.75) is 20.5 Å². The summed E-state index contributed by atoms with van der Waals surface area (Å²) >= 11 is 3.45. The molecule has 138 valence electrons. The molecule has 0 aliphatic heterocycles. The van der Waals surface area contributed by atoms with Crippen LogP contribution in [0, 0.1) is 24.0 Å². The number of oxime groups is 1. The van der Waals surface area contributed by atoms with Gasteiger partial charge in [0.05, 0.1) is 11.1 Å². The summed E-state index contributed by atoms with van der Waals surface area (Å²) in [6.07, 6.45) is 1.66. The summed E-state index contributed by atoms with van der Waals surface area (Å²) in [7, 11) is 0. The number of halogens is 1. The van der Waals surface area contributed by atoms with E-state index in [-0.39, 0.29) is 12.3 Å². The molecular weight excluding hydrogens is 410 g/mol. The minimum Gasteiger partial charge on any atom is -0.391 e. The molecular formula is C20H18BrN3O3. The molecule has 0 fully saturated rings. The Morgan fingerprint density at radius 3 is 2.63 bits per heavy atom. The quantitative estimate of drug-likeness (QED) is 0.303. The van der Waals surface area contributed by atoms with Gasteiger partial charge in [0.2, 0.25) is 0 Å². The van der Waals surface area contributed by atoms with Crippen LogP contribution in [0.1, 0.15) is 22.5 Å². The minimum absolute atomic E-state index is 0.0399. The molecule has 0 N–H and O–H groups in total. The van der Waals surface area contributed by atoms with E-state index in [2.05, 4.69) is 25.7 Å². The Kier molecular flexibility index (Phi) is 5.71. The lowest BCUT2D eigenvalue weighted by Gasteiger charge is -2.09. The molecule has 0 spiro atoms. The van der Waals surface area contributed by atoms with Crippen molar-refractivity contribution in [1.82, 2.24) is 4.57 Å². The number of nitro groups is 1. The van der Waals surface area contributed by atoms with E-state index in [9.17, 15) is 10.1 Å². The summed E-state index contributed by atoms with van der Waals surface area (Å²) in [5.41, 5.74) is 4.91. The Labute approximate surface area is 165 Å². The van der Waals surface area contributed by atoms with Crippen LogP contribution >= 0.6 is 15.9 Å². The van der Waals surface area contributed by atoms with Gasteiger partial charge in [0.15, 0.2) is 0 Å². The van der Waals surface area contributed by atoms with E-state index in [0.29, 0.717) is 5.56 Å². The Balaban J connectivity index is 1.71. The topological polar surface area (TPSA) is 69.7 Å². The number of aromatic nitrogens is 1. The lowest BCUT2D eigenvalue weighted by atomic mass is 10.2. The Morgan fingerprint density at radius 2 is 1.93 bits per heavy atom. The first-order chi connectivity index (χ1) is 13.0. The second-order valence-electron chi connectivity index (χ2n) is 6.07. The fraction of sp³-hybridized carbons (Fsp3) is 0.150. The summed E-state index contributed by atoms with van der Waals surface area (Å²) in [6, 6.07) is 16.5. The van der Waals surface area contributed by atoms with Crippen LogP contribution in [0.4, 0.5) is 5.69 Å². The van der Waals surface area contributed by atoms with Crippen molar-refractivity contribution in [3.8, 4) is 5.69 Å². The maximum Gasteiger partial charge on any atom is 0.269 e. The number of aryl methyl sites for hydroxylation is 1. The lowest BCUT2D eigenvalue weighted by molar-refractivity contribution is -0.384. The molecule has 0 unspecified atom stereocenters. The van der Waals surface area contributed by atoms with Crippen LogP contribution in [-0.2, 0) is 11.4 Å². The monoisotopic (exact) mass is 427 g/mol. The molecule has 0 bridgehead atoms. The van der Waals surface area contributed by atoms with E-state index < -0.39 is 4.92 Å². The van der Waals surface area contributed by atoms with Gasteiger partial charge in [-0.2, -0.15) is 0 Å². The average Bonchev–Trinajstić information content (AvgIpc) is 2.93. The molecule has 7 heteroatoms. The number of benzene rings is 2. The van der Waals surface area contributed by atoms with E-state index in [4.69, 9.17) is 4.84 Å². The summed E-state index contributed by atoms with van der Waals surface area (Å²) in [4.78, 5) is 15.7. The van der Waals surface area contributed by atoms with Gasteiger partial charge in [0.25, 0.3) is 5.69 Å². The van der Waals surface area contributed by atoms with E-state index in [1.165, 1.54) is 12.1 Å². The first kappa shape index (κ1) is 18.8. The molecule has 2 aromatic carbocycles. The van der Waals surface area contributed by atoms with Gasteiger partial charge in [0, 0.05) is 39.2 Å². The normalized spacial score (nSPS) is 11.1. The molecule has 0 amide bonds. The maximum absolute atomic E-state index is 10.8. The Morgan fingerprint density at radius 1 is 1.19 bits per heavy atom. The smallest absolute Gasteiger partial charge is 0.269 e. The molecule has 1 heterocycles. The summed E-state index contributed by atoms with van der Waals surface area (Å²) in [5.74, 6) is 0. The first-order valence-corrected chi connectivity index (χ1v) is 9.08. The van der Waals surface area contributed by atoms with Crippen molar-refractivity contribution >= 4 is 27.8 Å². The fourth-order valence-electron chi connectivity index (χ4n) is 2.87. The maximum atomic E-state index is 10.8. The number of non-ortho nitro benzene ring substituents is 1. The van der Waals surface area contributed by atoms with Gasteiger partial charge in [0.1, 0.15) is 6.61 Å². The predicted octanol–water partition coefficient (Wildman–Crippen LogP) is 5.32. The Bertz CT molecular complexity index is 994. The standard InChI is InChI=1S/C20H18BrN3O3/c1-14-10-17(15(2)23(14)19-8-6-18(21)7-9-19)12-22-27-13-16-4-3-5-20(11-16)24(25)26/h3-12H,13H2,1-2H3/b22-12+. The van der Waals surface area contributed by atoms with Gasteiger partial charge >= 0.3 is 0 Å². The van der Waals surface area contributed by atoms with E-state index in [1.807, 2.05) is 44.2 Å². The molecule has 1 aromatic heterocycles. The largest absolute Gasteiger partial charge is 0.391 e. The first-order valence-electron chi connectivity index (χ1n) is 8.29. The molecule has 0 radical (unpaired) electrons. The highest BCUT2D eigenvalue weighted by Crippen LogP contribution is 2.21. The van der Waals surface area contributed by atoms with Gasteiger partial charge in [-0.05, 0) is 49.7 Å². The van der Waals surface area contributed by atoms with Crippen LogP contribution in [0.3, 0.4) is 0 Å². The third-order valence-corrected chi connectivity index (χ3v) is 4.70. The zero-order valence-electron chi connectivity index (χ0n) is 14.9. The van der Waals surface area contributed by atoms with Crippen LogP contribution in [-0.4, -0.2) is 15.7 Å². The highest BCUT2D eigenvalue weighted by Gasteiger charge is 2.09. The van der Waals surface area contributed by atoms with Crippen LogP contribution < -0.4 is 0 Å². The van der Waals surface area contributed by atoms with Crippen LogP contribution in [0.5, 0.6) is 0 Å². The predicted molar refractivity (Wildman–Crippen MR) is 108 cm³/mol. The van der Waals surface area contributed by atoms with Gasteiger partial charge < -0.3 is 9.40 Å². The van der Waals surface area contributed by atoms with Crippen molar-refractivity contribution in [2.75, 3.05) is 0 Å². The fourth-order valence-corrected chi connectivity index (χ4v) is 3.14. The zero-order chi connectivity index (χ0) is 19.4. The number of hydrogen-bond donors (Lipinski definition) is 0. The molecule has 6 nitrogen and oxygen atoms in total. The zero-order valence-corrected chi connectivity index (χ0v) is 16.5. The number of nitrogens with zero attached hydrogens (tertiary/aromatic N) is 3. The summed E-state index contributed by atoms with van der Waals surface area (Å²) < 4.78 is 3.18. The van der Waals surface area contributed by atoms with E-state index >= 15 is 0 Å². The van der Waals surface area contributed by atoms with Crippen LogP contribution in [0.2, 0.25) is 0 Å².